The number of aromatic nitrogens is 1. The van der Waals surface area contributed by atoms with Gasteiger partial charge >= 0.3 is 5.63 Å². The van der Waals surface area contributed by atoms with Gasteiger partial charge in [0.25, 0.3) is 0 Å². The summed E-state index contributed by atoms with van der Waals surface area (Å²) in [6.07, 6.45) is 0. The molecule has 0 bridgehead atoms. The van der Waals surface area contributed by atoms with Crippen LogP contribution in [0.25, 0.3) is 22.4 Å². The van der Waals surface area contributed by atoms with Crippen LogP contribution in [0, 0.1) is 0 Å². The lowest BCUT2D eigenvalue weighted by Gasteiger charge is -2.26. The predicted molar refractivity (Wildman–Crippen MR) is 111 cm³/mol. The van der Waals surface area contributed by atoms with Crippen molar-refractivity contribution in [3.8, 4) is 17.2 Å². The Labute approximate surface area is 163 Å². The highest BCUT2D eigenvalue weighted by Crippen LogP contribution is 2.33. The zero-order valence-corrected chi connectivity index (χ0v) is 16.1. The first kappa shape index (κ1) is 18.0. The van der Waals surface area contributed by atoms with E-state index in [2.05, 4.69) is 31.0 Å². The van der Waals surface area contributed by atoms with Crippen LogP contribution < -0.4 is 10.4 Å². The van der Waals surface area contributed by atoms with Gasteiger partial charge in [-0.2, -0.15) is 0 Å². The molecular weight excluding hydrogens is 350 g/mol. The van der Waals surface area contributed by atoms with E-state index in [0.29, 0.717) is 22.2 Å². The summed E-state index contributed by atoms with van der Waals surface area (Å²) in [4.78, 5) is 17.3. The van der Waals surface area contributed by atoms with Gasteiger partial charge in [-0.3, -0.25) is 0 Å². The Morgan fingerprint density at radius 3 is 2.36 bits per heavy atom. The molecule has 0 saturated heterocycles. The minimum Gasteiger partial charge on any atom is -0.496 e. The molecule has 0 aliphatic heterocycles. The molecule has 0 spiro atoms. The van der Waals surface area contributed by atoms with Crippen molar-refractivity contribution in [2.24, 2.45) is 0 Å². The third-order valence-electron chi connectivity index (χ3n) is 5.18. The van der Waals surface area contributed by atoms with E-state index in [4.69, 9.17) is 9.15 Å². The van der Waals surface area contributed by atoms with Gasteiger partial charge in [0.05, 0.1) is 23.6 Å². The fourth-order valence-electron chi connectivity index (χ4n) is 3.42. The molecule has 4 heteroatoms. The first-order valence-corrected chi connectivity index (χ1v) is 9.15. The van der Waals surface area contributed by atoms with Crippen LogP contribution in [0.5, 0.6) is 5.75 Å². The van der Waals surface area contributed by atoms with E-state index in [1.54, 1.807) is 7.11 Å². The van der Waals surface area contributed by atoms with E-state index in [-0.39, 0.29) is 11.3 Å². The van der Waals surface area contributed by atoms with Crippen molar-refractivity contribution in [1.29, 1.82) is 0 Å². The number of nitrogens with zero attached hydrogens (tertiary/aromatic N) is 1. The van der Waals surface area contributed by atoms with E-state index in [0.717, 1.165) is 5.56 Å². The van der Waals surface area contributed by atoms with E-state index in [1.807, 2.05) is 60.7 Å². The summed E-state index contributed by atoms with van der Waals surface area (Å²) in [5.41, 5.74) is 2.81. The minimum absolute atomic E-state index is 0.247. The normalized spacial score (nSPS) is 11.5. The van der Waals surface area contributed by atoms with Crippen LogP contribution >= 0.6 is 0 Å². The van der Waals surface area contributed by atoms with Crippen LogP contribution in [0.1, 0.15) is 25.0 Å². The molecule has 0 atom stereocenters. The van der Waals surface area contributed by atoms with E-state index >= 15 is 0 Å². The maximum absolute atomic E-state index is 12.7. The van der Waals surface area contributed by atoms with Gasteiger partial charge in [-0.05, 0) is 35.4 Å². The largest absolute Gasteiger partial charge is 0.496 e. The summed E-state index contributed by atoms with van der Waals surface area (Å²) >= 11 is 0. The molecule has 0 unspecified atom stereocenters. The highest BCUT2D eigenvalue weighted by molar-refractivity contribution is 5.80. The second-order valence-electron chi connectivity index (χ2n) is 7.23. The van der Waals surface area contributed by atoms with Crippen molar-refractivity contribution in [1.82, 2.24) is 4.98 Å². The molecule has 4 aromatic rings. The van der Waals surface area contributed by atoms with Crippen LogP contribution in [-0.2, 0) is 5.41 Å². The van der Waals surface area contributed by atoms with E-state index < -0.39 is 5.63 Å². The van der Waals surface area contributed by atoms with Crippen molar-refractivity contribution in [3.63, 3.8) is 0 Å². The fourth-order valence-corrected chi connectivity index (χ4v) is 3.42. The van der Waals surface area contributed by atoms with Gasteiger partial charge in [-0.1, -0.05) is 62.4 Å². The van der Waals surface area contributed by atoms with E-state index in [1.165, 1.54) is 5.56 Å². The Hall–Kier alpha value is -3.40. The van der Waals surface area contributed by atoms with Gasteiger partial charge in [-0.25, -0.2) is 9.78 Å². The average molecular weight is 371 g/mol. The minimum atomic E-state index is -0.406. The highest BCUT2D eigenvalue weighted by atomic mass is 16.5. The molecule has 4 rings (SSSR count). The summed E-state index contributed by atoms with van der Waals surface area (Å²) < 4.78 is 10.9. The van der Waals surface area contributed by atoms with Gasteiger partial charge in [0.15, 0.2) is 0 Å². The lowest BCUT2D eigenvalue weighted by molar-refractivity contribution is 0.413. The predicted octanol–water partition coefficient (Wildman–Crippen LogP) is 5.19. The molecule has 28 heavy (non-hydrogen) atoms. The highest BCUT2D eigenvalue weighted by Gasteiger charge is 2.24. The first-order chi connectivity index (χ1) is 13.5. The first-order valence-electron chi connectivity index (χ1n) is 9.15. The van der Waals surface area contributed by atoms with E-state index in [9.17, 15) is 4.79 Å². The number of fused-ring (bicyclic) bond motifs is 1. The topological polar surface area (TPSA) is 52.3 Å². The summed E-state index contributed by atoms with van der Waals surface area (Å²) in [5, 5.41) is 0.472. The molecule has 0 radical (unpaired) electrons. The van der Waals surface area contributed by atoms with Gasteiger partial charge in [-0.15, -0.1) is 0 Å². The van der Waals surface area contributed by atoms with Gasteiger partial charge in [0.1, 0.15) is 5.75 Å². The van der Waals surface area contributed by atoms with Gasteiger partial charge in [0.2, 0.25) is 5.89 Å². The van der Waals surface area contributed by atoms with Gasteiger partial charge in [0, 0.05) is 5.41 Å². The molecular formula is C24H21NO3. The molecule has 3 aromatic carbocycles. The molecule has 0 amide bonds. The van der Waals surface area contributed by atoms with Crippen molar-refractivity contribution < 1.29 is 9.15 Å². The number of rotatable bonds is 4. The number of ether oxygens (including phenoxy) is 1. The van der Waals surface area contributed by atoms with Crippen LogP contribution in [0.3, 0.4) is 0 Å². The Morgan fingerprint density at radius 2 is 1.61 bits per heavy atom. The number of hydrogen-bond donors (Lipinski definition) is 0. The summed E-state index contributed by atoms with van der Waals surface area (Å²) in [6, 6.07) is 23.4. The molecule has 4 nitrogen and oxygen atoms in total. The third kappa shape index (κ3) is 3.07. The summed E-state index contributed by atoms with van der Waals surface area (Å²) in [5.74, 6) is 0.865. The SMILES string of the molecule is COc1ccccc1-c1nc2ccc(C(C)(C)c3ccccc3)cc2c(=O)o1. The number of hydrogen-bond acceptors (Lipinski definition) is 4. The van der Waals surface area contributed by atoms with Crippen LogP contribution in [0.4, 0.5) is 0 Å². The van der Waals surface area contributed by atoms with Crippen molar-refractivity contribution >= 4 is 10.9 Å². The molecule has 140 valence electrons. The van der Waals surface area contributed by atoms with Gasteiger partial charge < -0.3 is 9.15 Å². The average Bonchev–Trinajstić information content (AvgIpc) is 2.74. The standard InChI is InChI=1S/C24H21NO3/c1-24(2,16-9-5-4-6-10-16)17-13-14-20-19(15-17)23(26)28-22(25-20)18-11-7-8-12-21(18)27-3/h4-15H,1-3H3. The fraction of sp³-hybridized carbons (Fsp3) is 0.167. The molecule has 0 fully saturated rings. The third-order valence-corrected chi connectivity index (χ3v) is 5.18. The van der Waals surface area contributed by atoms with Crippen LogP contribution in [-0.4, -0.2) is 12.1 Å². The van der Waals surface area contributed by atoms with Crippen molar-refractivity contribution in [2.75, 3.05) is 7.11 Å². The molecule has 1 heterocycles. The zero-order valence-electron chi connectivity index (χ0n) is 16.1. The maximum atomic E-state index is 12.7. The quantitative estimate of drug-likeness (QED) is 0.495. The lowest BCUT2D eigenvalue weighted by atomic mass is 9.78. The van der Waals surface area contributed by atoms with Crippen LogP contribution in [0.2, 0.25) is 0 Å². The molecule has 1 aromatic heterocycles. The number of benzene rings is 3. The Balaban J connectivity index is 1.84. The summed E-state index contributed by atoms with van der Waals surface area (Å²) in [6.45, 7) is 4.28. The summed E-state index contributed by atoms with van der Waals surface area (Å²) in [7, 11) is 1.58. The molecule has 0 aliphatic rings. The Kier molecular flexibility index (Phi) is 4.47. The monoisotopic (exact) mass is 371 g/mol. The smallest absolute Gasteiger partial charge is 0.347 e. The van der Waals surface area contributed by atoms with Crippen molar-refractivity contribution in [2.45, 2.75) is 19.3 Å². The Bertz CT molecular complexity index is 1190. The number of para-hydroxylation sites is 1. The lowest BCUT2D eigenvalue weighted by Crippen LogP contribution is -2.19. The molecule has 0 saturated carbocycles. The molecule has 0 N–H and O–H groups in total. The molecule has 0 aliphatic carbocycles. The Morgan fingerprint density at radius 1 is 0.893 bits per heavy atom. The maximum Gasteiger partial charge on any atom is 0.347 e. The van der Waals surface area contributed by atoms with Crippen molar-refractivity contribution in [3.05, 3.63) is 94.3 Å². The number of methoxy groups -OCH3 is 1. The zero-order chi connectivity index (χ0) is 19.7. The van der Waals surface area contributed by atoms with Crippen LogP contribution in [0.15, 0.2) is 82.0 Å². The second-order valence-corrected chi connectivity index (χ2v) is 7.23. The second kappa shape index (κ2) is 6.97.